The van der Waals surface area contributed by atoms with Gasteiger partial charge in [-0.05, 0) is 27.1 Å². The summed E-state index contributed by atoms with van der Waals surface area (Å²) in [5, 5.41) is 0. The lowest BCUT2D eigenvalue weighted by Crippen LogP contribution is -1.96. The van der Waals surface area contributed by atoms with E-state index < -0.39 is 0 Å². The standard InChI is InChI=1S/C16H14BrN3/c1-20-15(17)14(19-16(20)18)13-9-7-12(8-10-13)11-5-3-2-4-6-11/h2-10H,1H3,(H2,18,19). The maximum atomic E-state index is 5.82. The van der Waals surface area contributed by atoms with Crippen molar-refractivity contribution in [1.29, 1.82) is 0 Å². The summed E-state index contributed by atoms with van der Waals surface area (Å²) < 4.78 is 2.71. The van der Waals surface area contributed by atoms with E-state index in [0.717, 1.165) is 15.9 Å². The largest absolute Gasteiger partial charge is 0.369 e. The van der Waals surface area contributed by atoms with Crippen LogP contribution in [0.1, 0.15) is 0 Å². The second kappa shape index (κ2) is 5.13. The Labute approximate surface area is 126 Å². The summed E-state index contributed by atoms with van der Waals surface area (Å²) in [5.74, 6) is 0.499. The summed E-state index contributed by atoms with van der Waals surface area (Å²) in [6, 6.07) is 18.6. The molecule has 100 valence electrons. The lowest BCUT2D eigenvalue weighted by molar-refractivity contribution is 0.907. The molecule has 20 heavy (non-hydrogen) atoms. The molecule has 2 aromatic carbocycles. The molecule has 0 amide bonds. The lowest BCUT2D eigenvalue weighted by atomic mass is 10.0. The number of imidazole rings is 1. The van der Waals surface area contributed by atoms with Crippen molar-refractivity contribution in [2.75, 3.05) is 5.73 Å². The van der Waals surface area contributed by atoms with Crippen molar-refractivity contribution in [2.24, 2.45) is 7.05 Å². The Kier molecular flexibility index (Phi) is 3.32. The van der Waals surface area contributed by atoms with Gasteiger partial charge in [0.15, 0.2) is 0 Å². The van der Waals surface area contributed by atoms with Gasteiger partial charge in [0, 0.05) is 12.6 Å². The van der Waals surface area contributed by atoms with E-state index in [2.05, 4.69) is 57.3 Å². The zero-order valence-electron chi connectivity index (χ0n) is 11.0. The van der Waals surface area contributed by atoms with E-state index in [-0.39, 0.29) is 0 Å². The van der Waals surface area contributed by atoms with Crippen molar-refractivity contribution in [3.05, 3.63) is 59.2 Å². The van der Waals surface area contributed by atoms with E-state index in [9.17, 15) is 0 Å². The molecule has 0 atom stereocenters. The molecule has 2 N–H and O–H groups in total. The highest BCUT2D eigenvalue weighted by Gasteiger charge is 2.12. The van der Waals surface area contributed by atoms with Crippen molar-refractivity contribution in [2.45, 2.75) is 0 Å². The summed E-state index contributed by atoms with van der Waals surface area (Å²) in [5.41, 5.74) is 10.1. The quantitative estimate of drug-likeness (QED) is 0.770. The van der Waals surface area contributed by atoms with Crippen molar-refractivity contribution < 1.29 is 0 Å². The lowest BCUT2D eigenvalue weighted by Gasteiger charge is -2.03. The molecule has 3 aromatic rings. The molecule has 0 saturated heterocycles. The van der Waals surface area contributed by atoms with Crippen LogP contribution in [0.5, 0.6) is 0 Å². The van der Waals surface area contributed by atoms with Crippen LogP contribution in [0.25, 0.3) is 22.4 Å². The Morgan fingerprint density at radius 3 is 2.00 bits per heavy atom. The van der Waals surface area contributed by atoms with Crippen LogP contribution in [-0.2, 0) is 7.05 Å². The molecule has 0 spiro atoms. The molecule has 0 aliphatic rings. The van der Waals surface area contributed by atoms with Crippen LogP contribution in [0.15, 0.2) is 59.2 Å². The Hall–Kier alpha value is -2.07. The summed E-state index contributed by atoms with van der Waals surface area (Å²) in [6.45, 7) is 0. The Bertz CT molecular complexity index is 730. The minimum Gasteiger partial charge on any atom is -0.369 e. The number of hydrogen-bond acceptors (Lipinski definition) is 2. The highest BCUT2D eigenvalue weighted by molar-refractivity contribution is 9.10. The maximum absolute atomic E-state index is 5.82. The average Bonchev–Trinajstić information content (AvgIpc) is 2.76. The van der Waals surface area contributed by atoms with E-state index in [1.54, 1.807) is 0 Å². The van der Waals surface area contributed by atoms with E-state index in [1.165, 1.54) is 11.1 Å². The third kappa shape index (κ3) is 2.23. The van der Waals surface area contributed by atoms with Gasteiger partial charge in [-0.15, -0.1) is 0 Å². The Balaban J connectivity index is 1.99. The fraction of sp³-hybridized carbons (Fsp3) is 0.0625. The zero-order valence-corrected chi connectivity index (χ0v) is 12.6. The molecule has 0 unspecified atom stereocenters. The monoisotopic (exact) mass is 327 g/mol. The first-order valence-corrected chi connectivity index (χ1v) is 7.09. The smallest absolute Gasteiger partial charge is 0.201 e. The Morgan fingerprint density at radius 1 is 0.900 bits per heavy atom. The first-order valence-electron chi connectivity index (χ1n) is 6.30. The minimum atomic E-state index is 0.499. The molecule has 0 bridgehead atoms. The van der Waals surface area contributed by atoms with Crippen molar-refractivity contribution in [3.8, 4) is 22.4 Å². The fourth-order valence-electron chi connectivity index (χ4n) is 2.13. The third-order valence-corrected chi connectivity index (χ3v) is 4.23. The zero-order chi connectivity index (χ0) is 14.1. The highest BCUT2D eigenvalue weighted by atomic mass is 79.9. The SMILES string of the molecule is Cn1c(N)nc(-c2ccc(-c3ccccc3)cc2)c1Br. The second-order valence-electron chi connectivity index (χ2n) is 4.61. The molecule has 0 fully saturated rings. The molecule has 3 nitrogen and oxygen atoms in total. The first-order chi connectivity index (χ1) is 9.66. The van der Waals surface area contributed by atoms with Gasteiger partial charge in [0.25, 0.3) is 0 Å². The summed E-state index contributed by atoms with van der Waals surface area (Å²) in [6.07, 6.45) is 0. The first kappa shape index (κ1) is 12.9. The molecular weight excluding hydrogens is 314 g/mol. The van der Waals surface area contributed by atoms with Crippen LogP contribution >= 0.6 is 15.9 Å². The van der Waals surface area contributed by atoms with Crippen molar-refractivity contribution in [3.63, 3.8) is 0 Å². The van der Waals surface area contributed by atoms with Gasteiger partial charge in [0.1, 0.15) is 10.3 Å². The van der Waals surface area contributed by atoms with Gasteiger partial charge in [0.05, 0.1) is 0 Å². The van der Waals surface area contributed by atoms with E-state index >= 15 is 0 Å². The average molecular weight is 328 g/mol. The predicted octanol–water partition coefficient (Wildman–Crippen LogP) is 4.10. The molecule has 0 radical (unpaired) electrons. The minimum absolute atomic E-state index is 0.499. The van der Waals surface area contributed by atoms with E-state index in [1.807, 2.05) is 29.8 Å². The maximum Gasteiger partial charge on any atom is 0.201 e. The Morgan fingerprint density at radius 2 is 1.45 bits per heavy atom. The number of nitrogens with zero attached hydrogens (tertiary/aromatic N) is 2. The molecule has 0 aliphatic carbocycles. The number of anilines is 1. The number of rotatable bonds is 2. The van der Waals surface area contributed by atoms with Gasteiger partial charge in [-0.2, -0.15) is 0 Å². The second-order valence-corrected chi connectivity index (χ2v) is 5.36. The molecular formula is C16H14BrN3. The number of benzene rings is 2. The topological polar surface area (TPSA) is 43.8 Å². The molecule has 1 heterocycles. The van der Waals surface area contributed by atoms with Gasteiger partial charge in [-0.3, -0.25) is 0 Å². The van der Waals surface area contributed by atoms with Crippen LogP contribution in [0.4, 0.5) is 5.95 Å². The van der Waals surface area contributed by atoms with Crippen LogP contribution in [-0.4, -0.2) is 9.55 Å². The van der Waals surface area contributed by atoms with Crippen LogP contribution in [0, 0.1) is 0 Å². The van der Waals surface area contributed by atoms with Gasteiger partial charge in [-0.25, -0.2) is 4.98 Å². The number of halogens is 1. The predicted molar refractivity (Wildman–Crippen MR) is 86.2 cm³/mol. The van der Waals surface area contributed by atoms with E-state index in [0.29, 0.717) is 5.95 Å². The molecule has 4 heteroatoms. The van der Waals surface area contributed by atoms with Crippen LogP contribution < -0.4 is 5.73 Å². The third-order valence-electron chi connectivity index (χ3n) is 3.33. The molecule has 3 rings (SSSR count). The van der Waals surface area contributed by atoms with Crippen LogP contribution in [0.2, 0.25) is 0 Å². The summed E-state index contributed by atoms with van der Waals surface area (Å²) >= 11 is 3.52. The van der Waals surface area contributed by atoms with Gasteiger partial charge >= 0.3 is 0 Å². The van der Waals surface area contributed by atoms with E-state index in [4.69, 9.17) is 5.73 Å². The highest BCUT2D eigenvalue weighted by Crippen LogP contribution is 2.30. The van der Waals surface area contributed by atoms with Crippen molar-refractivity contribution in [1.82, 2.24) is 9.55 Å². The number of aromatic nitrogens is 2. The number of nitrogen functional groups attached to an aromatic ring is 1. The van der Waals surface area contributed by atoms with Crippen LogP contribution in [0.3, 0.4) is 0 Å². The molecule has 1 aromatic heterocycles. The molecule has 0 aliphatic heterocycles. The number of nitrogens with two attached hydrogens (primary N) is 1. The normalized spacial score (nSPS) is 10.7. The summed E-state index contributed by atoms with van der Waals surface area (Å²) in [7, 11) is 1.88. The molecule has 0 saturated carbocycles. The fourth-order valence-corrected chi connectivity index (χ4v) is 2.63. The summed E-state index contributed by atoms with van der Waals surface area (Å²) in [4.78, 5) is 4.38. The van der Waals surface area contributed by atoms with Gasteiger partial charge in [0.2, 0.25) is 5.95 Å². The van der Waals surface area contributed by atoms with Crippen molar-refractivity contribution >= 4 is 21.9 Å². The van der Waals surface area contributed by atoms with Gasteiger partial charge in [-0.1, -0.05) is 54.6 Å². The van der Waals surface area contributed by atoms with Gasteiger partial charge < -0.3 is 10.3 Å². The number of hydrogen-bond donors (Lipinski definition) is 1.